The van der Waals surface area contributed by atoms with Gasteiger partial charge < -0.3 is 19.3 Å². The van der Waals surface area contributed by atoms with E-state index in [-0.39, 0.29) is 23.1 Å². The fourth-order valence-corrected chi connectivity index (χ4v) is 2.79. The fourth-order valence-electron chi connectivity index (χ4n) is 2.79. The van der Waals surface area contributed by atoms with Crippen LogP contribution in [0.25, 0.3) is 11.5 Å². The van der Waals surface area contributed by atoms with Crippen molar-refractivity contribution in [1.29, 1.82) is 0 Å². The summed E-state index contributed by atoms with van der Waals surface area (Å²) in [5.74, 6) is -0.364. The van der Waals surface area contributed by atoms with Gasteiger partial charge in [0, 0.05) is 24.8 Å². The van der Waals surface area contributed by atoms with Gasteiger partial charge >= 0.3 is 5.97 Å². The first-order valence-electron chi connectivity index (χ1n) is 9.32. The van der Waals surface area contributed by atoms with Crippen LogP contribution in [-0.2, 0) is 4.79 Å². The Hall–Kier alpha value is -3.75. The van der Waals surface area contributed by atoms with Crippen molar-refractivity contribution in [3.63, 3.8) is 0 Å². The molecule has 1 amide bonds. The average molecular weight is 410 g/mol. The van der Waals surface area contributed by atoms with Crippen LogP contribution >= 0.6 is 0 Å². The van der Waals surface area contributed by atoms with Gasteiger partial charge in [-0.3, -0.25) is 9.59 Å². The lowest BCUT2D eigenvalue weighted by Crippen LogP contribution is -2.33. The Labute approximate surface area is 173 Å². The zero-order valence-electron chi connectivity index (χ0n) is 17.1. The second-order valence-corrected chi connectivity index (χ2v) is 6.80. The molecule has 9 nitrogen and oxygen atoms in total. The Balaban J connectivity index is 1.89. The van der Waals surface area contributed by atoms with Gasteiger partial charge in [0.1, 0.15) is 0 Å². The van der Waals surface area contributed by atoms with Crippen LogP contribution in [0.1, 0.15) is 43.1 Å². The van der Waals surface area contributed by atoms with E-state index in [2.05, 4.69) is 20.4 Å². The maximum absolute atomic E-state index is 13.0. The molecule has 0 bridgehead atoms. The highest BCUT2D eigenvalue weighted by Gasteiger charge is 2.28. The van der Waals surface area contributed by atoms with Crippen LogP contribution in [0.15, 0.2) is 47.1 Å². The van der Waals surface area contributed by atoms with Crippen molar-refractivity contribution in [2.24, 2.45) is 5.92 Å². The van der Waals surface area contributed by atoms with Crippen LogP contribution in [0.5, 0.6) is 11.5 Å². The zero-order valence-corrected chi connectivity index (χ0v) is 17.1. The van der Waals surface area contributed by atoms with Crippen LogP contribution in [0.2, 0.25) is 0 Å². The van der Waals surface area contributed by atoms with Crippen molar-refractivity contribution in [3.05, 3.63) is 54.1 Å². The van der Waals surface area contributed by atoms with Gasteiger partial charge in [-0.2, -0.15) is 4.98 Å². The molecule has 0 aliphatic rings. The molecule has 0 aliphatic carbocycles. The normalized spacial score (nSPS) is 11.8. The van der Waals surface area contributed by atoms with E-state index in [1.807, 2.05) is 44.2 Å². The zero-order chi connectivity index (χ0) is 21.7. The number of nitrogens with zero attached hydrogens (tertiary/aromatic N) is 3. The number of ether oxygens (including phenoxy) is 2. The fraction of sp³-hybridized carbons (Fsp3) is 0.286. The van der Waals surface area contributed by atoms with E-state index in [4.69, 9.17) is 14.0 Å². The molecule has 0 fully saturated rings. The highest BCUT2D eigenvalue weighted by molar-refractivity contribution is 5.96. The Morgan fingerprint density at radius 1 is 1.13 bits per heavy atom. The minimum Gasteiger partial charge on any atom is -0.493 e. The van der Waals surface area contributed by atoms with Gasteiger partial charge in [-0.1, -0.05) is 37.2 Å². The molecule has 0 saturated heterocycles. The molecule has 0 radical (unpaired) electrons. The second-order valence-electron chi connectivity index (χ2n) is 6.80. The van der Waals surface area contributed by atoms with Crippen LogP contribution in [-0.4, -0.2) is 34.1 Å². The lowest BCUT2D eigenvalue weighted by Gasteiger charge is -2.19. The molecule has 3 rings (SSSR count). The molecule has 30 heavy (non-hydrogen) atoms. The summed E-state index contributed by atoms with van der Waals surface area (Å²) >= 11 is 0. The molecule has 1 aromatic carbocycles. The Kier molecular flexibility index (Phi) is 6.41. The maximum Gasteiger partial charge on any atom is 0.308 e. The molecule has 3 aromatic rings. The van der Waals surface area contributed by atoms with E-state index in [1.165, 1.54) is 26.3 Å². The number of hydrogen-bond donors (Lipinski definition) is 1. The maximum atomic E-state index is 13.0. The van der Waals surface area contributed by atoms with Crippen LogP contribution in [0.4, 0.5) is 0 Å². The van der Waals surface area contributed by atoms with E-state index in [0.717, 1.165) is 5.56 Å². The largest absolute Gasteiger partial charge is 0.493 e. The van der Waals surface area contributed by atoms with Crippen molar-refractivity contribution in [1.82, 2.24) is 20.4 Å². The molecule has 2 aromatic heterocycles. The van der Waals surface area contributed by atoms with E-state index >= 15 is 0 Å². The third kappa shape index (κ3) is 4.62. The van der Waals surface area contributed by atoms with Crippen molar-refractivity contribution < 1.29 is 23.6 Å². The number of nitrogens with one attached hydrogen (secondary N) is 1. The summed E-state index contributed by atoms with van der Waals surface area (Å²) in [7, 11) is 1.41. The number of aromatic nitrogens is 3. The van der Waals surface area contributed by atoms with Gasteiger partial charge in [0.05, 0.1) is 13.2 Å². The molecular weight excluding hydrogens is 388 g/mol. The highest BCUT2D eigenvalue weighted by atomic mass is 16.6. The van der Waals surface area contributed by atoms with E-state index in [1.54, 1.807) is 0 Å². The first kappa shape index (κ1) is 21.0. The summed E-state index contributed by atoms with van der Waals surface area (Å²) in [5, 5.41) is 6.88. The molecule has 0 saturated carbocycles. The number of benzene rings is 1. The molecular formula is C21H22N4O5. The van der Waals surface area contributed by atoms with Crippen LogP contribution in [0, 0.1) is 5.92 Å². The standard InChI is InChI=1S/C21H22N4O5/c1-12(2)16(19-24-21(30-25-19)14-8-6-5-7-9-14)23-20(27)17-18(29-13(3)26)15(28-4)10-11-22-17/h5-12,16H,1-4H3,(H,23,27)/t16-/m0/s1. The summed E-state index contributed by atoms with van der Waals surface area (Å²) in [6.45, 7) is 5.06. The van der Waals surface area contributed by atoms with Gasteiger partial charge in [-0.15, -0.1) is 0 Å². The lowest BCUT2D eigenvalue weighted by molar-refractivity contribution is -0.132. The number of amides is 1. The predicted octanol–water partition coefficient (Wildman–Crippen LogP) is 3.19. The molecule has 0 spiro atoms. The molecule has 9 heteroatoms. The third-order valence-electron chi connectivity index (χ3n) is 4.24. The molecule has 1 N–H and O–H groups in total. The number of hydrogen-bond acceptors (Lipinski definition) is 8. The smallest absolute Gasteiger partial charge is 0.308 e. The summed E-state index contributed by atoms with van der Waals surface area (Å²) in [6.07, 6.45) is 1.40. The number of pyridine rings is 1. The Bertz CT molecular complexity index is 1030. The van der Waals surface area contributed by atoms with Crippen LogP contribution < -0.4 is 14.8 Å². The molecule has 2 heterocycles. The number of esters is 1. The number of carbonyl (C=O) groups is 2. The quantitative estimate of drug-likeness (QED) is 0.590. The second kappa shape index (κ2) is 9.17. The van der Waals surface area contributed by atoms with Gasteiger partial charge in [0.2, 0.25) is 5.75 Å². The van der Waals surface area contributed by atoms with Crippen LogP contribution in [0.3, 0.4) is 0 Å². The molecule has 1 atom stereocenters. The summed E-state index contributed by atoms with van der Waals surface area (Å²) in [6, 6.07) is 10.3. The molecule has 156 valence electrons. The summed E-state index contributed by atoms with van der Waals surface area (Å²) < 4.78 is 15.7. The van der Waals surface area contributed by atoms with Gasteiger partial charge in [0.15, 0.2) is 17.3 Å². The Morgan fingerprint density at radius 2 is 1.87 bits per heavy atom. The number of rotatable bonds is 7. The SMILES string of the molecule is COc1ccnc(C(=O)N[C@H](c2noc(-c3ccccc3)n2)C(C)C)c1OC(C)=O. The van der Waals surface area contributed by atoms with Gasteiger partial charge in [-0.25, -0.2) is 4.98 Å². The first-order chi connectivity index (χ1) is 14.4. The topological polar surface area (TPSA) is 116 Å². The minimum absolute atomic E-state index is 0.0504. The highest BCUT2D eigenvalue weighted by Crippen LogP contribution is 2.31. The minimum atomic E-state index is -0.596. The van der Waals surface area contributed by atoms with Gasteiger partial charge in [0.25, 0.3) is 11.8 Å². The monoisotopic (exact) mass is 410 g/mol. The van der Waals surface area contributed by atoms with E-state index < -0.39 is 17.9 Å². The summed E-state index contributed by atoms with van der Waals surface area (Å²) in [4.78, 5) is 32.9. The summed E-state index contributed by atoms with van der Waals surface area (Å²) in [5.41, 5.74) is 0.693. The van der Waals surface area contributed by atoms with Crippen molar-refractivity contribution in [2.75, 3.05) is 7.11 Å². The molecule has 0 unspecified atom stereocenters. The number of methoxy groups -OCH3 is 1. The van der Waals surface area contributed by atoms with Crippen molar-refractivity contribution in [3.8, 4) is 23.0 Å². The average Bonchev–Trinajstić information content (AvgIpc) is 3.21. The third-order valence-corrected chi connectivity index (χ3v) is 4.24. The van der Waals surface area contributed by atoms with Gasteiger partial charge in [-0.05, 0) is 18.1 Å². The Morgan fingerprint density at radius 3 is 2.50 bits per heavy atom. The number of carbonyl (C=O) groups excluding carboxylic acids is 2. The first-order valence-corrected chi connectivity index (χ1v) is 9.32. The van der Waals surface area contributed by atoms with Crippen molar-refractivity contribution in [2.45, 2.75) is 26.8 Å². The van der Waals surface area contributed by atoms with E-state index in [0.29, 0.717) is 11.7 Å². The van der Waals surface area contributed by atoms with Crippen molar-refractivity contribution >= 4 is 11.9 Å². The molecule has 0 aliphatic heterocycles. The predicted molar refractivity (Wildman–Crippen MR) is 107 cm³/mol. The van der Waals surface area contributed by atoms with E-state index in [9.17, 15) is 9.59 Å². The lowest BCUT2D eigenvalue weighted by atomic mass is 10.0.